The number of methoxy groups -OCH3 is 1. The van der Waals surface area contributed by atoms with Crippen molar-refractivity contribution in [1.82, 2.24) is 19.7 Å². The number of hydrogen-bond acceptors (Lipinski definition) is 9. The first-order chi connectivity index (χ1) is 18.5. The van der Waals surface area contributed by atoms with Crippen molar-refractivity contribution in [3.05, 3.63) is 71.2 Å². The predicted octanol–water partition coefficient (Wildman–Crippen LogP) is 4.47. The van der Waals surface area contributed by atoms with E-state index in [1.807, 2.05) is 13.8 Å². The second-order valence-electron chi connectivity index (χ2n) is 10.2. The van der Waals surface area contributed by atoms with Gasteiger partial charge < -0.3 is 9.47 Å². The molecule has 3 aromatic heterocycles. The number of rotatable bonds is 8. The molecule has 0 saturated heterocycles. The minimum Gasteiger partial charge on any atom is -0.495 e. The number of nitrogens with zero attached hydrogens (tertiary/aromatic N) is 4. The molecule has 4 aromatic rings. The molecule has 39 heavy (non-hydrogen) atoms. The summed E-state index contributed by atoms with van der Waals surface area (Å²) in [6, 6.07) is 11.4. The zero-order valence-electron chi connectivity index (χ0n) is 22.3. The lowest BCUT2D eigenvalue weighted by atomic mass is 9.93. The molecule has 11 heteroatoms. The molecule has 0 aliphatic heterocycles. The topological polar surface area (TPSA) is 123 Å². The van der Waals surface area contributed by atoms with Gasteiger partial charge >= 0.3 is 6.09 Å². The number of carbonyl (C=O) groups excluding carboxylic acids is 1. The summed E-state index contributed by atoms with van der Waals surface area (Å²) in [4.78, 5) is 22.3. The van der Waals surface area contributed by atoms with Gasteiger partial charge in [-0.1, -0.05) is 18.2 Å². The highest BCUT2D eigenvalue weighted by Gasteiger charge is 2.29. The fourth-order valence-electron chi connectivity index (χ4n) is 4.88. The maximum Gasteiger partial charge on any atom is 0.435 e. The lowest BCUT2D eigenvalue weighted by molar-refractivity contribution is 0.0388. The largest absolute Gasteiger partial charge is 0.495 e. The summed E-state index contributed by atoms with van der Waals surface area (Å²) in [5.74, 6) is 0.466. The van der Waals surface area contributed by atoms with E-state index in [1.165, 1.54) is 34.7 Å². The normalized spacial score (nSPS) is 13.4. The third kappa shape index (κ3) is 5.94. The molecule has 0 fully saturated rings. The zero-order chi connectivity index (χ0) is 27.8. The number of aromatic nitrogens is 4. The Hall–Kier alpha value is -3.83. The number of carbonyl (C=O) groups is 1. The average molecular weight is 551 g/mol. The van der Waals surface area contributed by atoms with Crippen molar-refractivity contribution in [3.63, 3.8) is 0 Å². The van der Waals surface area contributed by atoms with E-state index in [1.54, 1.807) is 24.4 Å². The number of benzene rings is 1. The van der Waals surface area contributed by atoms with E-state index in [-0.39, 0.29) is 6.61 Å². The van der Waals surface area contributed by atoms with Crippen LogP contribution in [0.5, 0.6) is 5.75 Å². The summed E-state index contributed by atoms with van der Waals surface area (Å²) in [5, 5.41) is 4.56. The van der Waals surface area contributed by atoms with Gasteiger partial charge in [0.1, 0.15) is 34.7 Å². The molecule has 0 atom stereocenters. The Labute approximate surface area is 227 Å². The van der Waals surface area contributed by atoms with Crippen molar-refractivity contribution in [2.45, 2.75) is 51.7 Å². The third-order valence-corrected chi connectivity index (χ3v) is 7.19. The van der Waals surface area contributed by atoms with Gasteiger partial charge in [0.2, 0.25) is 0 Å². The maximum absolute atomic E-state index is 13.5. The summed E-state index contributed by atoms with van der Waals surface area (Å²) in [7, 11) is -2.07. The van der Waals surface area contributed by atoms with Crippen LogP contribution < -0.4 is 4.74 Å². The quantitative estimate of drug-likeness (QED) is 0.292. The maximum atomic E-state index is 13.5. The van der Waals surface area contributed by atoms with E-state index < -0.39 is 21.8 Å². The molecule has 204 valence electrons. The molecule has 3 heterocycles. The molecule has 0 bridgehead atoms. The monoisotopic (exact) mass is 550 g/mol. The molecule has 5 rings (SSSR count). The molecule has 0 saturated carbocycles. The zero-order valence-corrected chi connectivity index (χ0v) is 23.1. The van der Waals surface area contributed by atoms with Gasteiger partial charge in [-0.25, -0.2) is 9.78 Å². The molecule has 0 spiro atoms. The average Bonchev–Trinajstić information content (AvgIpc) is 3.52. The molecule has 0 unspecified atom stereocenters. The standard InChI is InChI=1S/C28H30N4O6S/c1-28(2,14-19-9-5-7-18-8-6-10-23(18)19)38-27(33)32-24-13-22(36-3)16-30-26(24)25(31-32)20-11-12-21(29-15-20)17-37-39(4,34)35/h5,7,9,11-13,15-16H,6,8,10,14,17H2,1-4H3. The molecule has 0 amide bonds. The molecule has 1 aliphatic rings. The van der Waals surface area contributed by atoms with Crippen LogP contribution in [-0.2, 0) is 44.9 Å². The van der Waals surface area contributed by atoms with Crippen LogP contribution in [0.2, 0.25) is 0 Å². The summed E-state index contributed by atoms with van der Waals surface area (Å²) in [5.41, 5.74) is 5.47. The van der Waals surface area contributed by atoms with Crippen molar-refractivity contribution in [1.29, 1.82) is 0 Å². The lowest BCUT2D eigenvalue weighted by Gasteiger charge is -2.26. The highest BCUT2D eigenvalue weighted by molar-refractivity contribution is 7.85. The van der Waals surface area contributed by atoms with Gasteiger partial charge in [0.15, 0.2) is 0 Å². The Kier molecular flexibility index (Phi) is 7.13. The van der Waals surface area contributed by atoms with Gasteiger partial charge in [0, 0.05) is 24.2 Å². The first kappa shape index (κ1) is 26.8. The number of hydrogen-bond donors (Lipinski definition) is 0. The highest BCUT2D eigenvalue weighted by atomic mass is 32.2. The first-order valence-corrected chi connectivity index (χ1v) is 14.4. The van der Waals surface area contributed by atoms with Crippen LogP contribution in [0.1, 0.15) is 42.7 Å². The van der Waals surface area contributed by atoms with Crippen LogP contribution in [0.25, 0.3) is 22.3 Å². The van der Waals surface area contributed by atoms with E-state index >= 15 is 0 Å². The van der Waals surface area contributed by atoms with E-state index in [0.717, 1.165) is 25.5 Å². The molecule has 0 radical (unpaired) electrons. The van der Waals surface area contributed by atoms with Crippen LogP contribution in [0.4, 0.5) is 4.79 Å². The minimum atomic E-state index is -3.59. The summed E-state index contributed by atoms with van der Waals surface area (Å²) >= 11 is 0. The first-order valence-electron chi connectivity index (χ1n) is 12.6. The van der Waals surface area contributed by atoms with Crippen LogP contribution >= 0.6 is 0 Å². The van der Waals surface area contributed by atoms with Crippen molar-refractivity contribution in [2.75, 3.05) is 13.4 Å². The predicted molar refractivity (Wildman–Crippen MR) is 145 cm³/mol. The molecular formula is C28H30N4O6S. The molecule has 1 aromatic carbocycles. The number of aryl methyl sites for hydroxylation is 1. The SMILES string of the molecule is COc1cnc2c(-c3ccc(COS(C)(=O)=O)nc3)nn(C(=O)OC(C)(C)Cc3cccc4c3CCC4)c2c1. The van der Waals surface area contributed by atoms with Crippen molar-refractivity contribution < 1.29 is 26.9 Å². The molecular weight excluding hydrogens is 520 g/mol. The van der Waals surface area contributed by atoms with Gasteiger partial charge in [-0.15, -0.1) is 0 Å². The van der Waals surface area contributed by atoms with Crippen molar-refractivity contribution in [2.24, 2.45) is 0 Å². The van der Waals surface area contributed by atoms with E-state index in [2.05, 4.69) is 33.3 Å². The van der Waals surface area contributed by atoms with E-state index in [9.17, 15) is 13.2 Å². The second kappa shape index (κ2) is 10.4. The Morgan fingerprint density at radius 3 is 2.64 bits per heavy atom. The van der Waals surface area contributed by atoms with E-state index in [4.69, 9.17) is 13.7 Å². The van der Waals surface area contributed by atoms with E-state index in [0.29, 0.717) is 40.2 Å². The fraction of sp³-hybridized carbons (Fsp3) is 0.357. The smallest absolute Gasteiger partial charge is 0.435 e. The third-order valence-electron chi connectivity index (χ3n) is 6.65. The highest BCUT2D eigenvalue weighted by Crippen LogP contribution is 2.31. The van der Waals surface area contributed by atoms with Crippen LogP contribution in [-0.4, -0.2) is 53.2 Å². The number of ether oxygens (including phenoxy) is 2. The van der Waals surface area contributed by atoms with Gasteiger partial charge in [0.05, 0.1) is 25.3 Å². The fourth-order valence-corrected chi connectivity index (χ4v) is 5.22. The Bertz CT molecular complexity index is 1640. The molecule has 1 aliphatic carbocycles. The van der Waals surface area contributed by atoms with Gasteiger partial charge in [-0.3, -0.25) is 9.17 Å². The Morgan fingerprint density at radius 1 is 1.10 bits per heavy atom. The van der Waals surface area contributed by atoms with Crippen LogP contribution in [0, 0.1) is 0 Å². The van der Waals surface area contributed by atoms with Crippen molar-refractivity contribution >= 4 is 27.2 Å². The molecule has 10 nitrogen and oxygen atoms in total. The Balaban J connectivity index is 1.44. The van der Waals surface area contributed by atoms with Crippen LogP contribution in [0.3, 0.4) is 0 Å². The van der Waals surface area contributed by atoms with Crippen molar-refractivity contribution in [3.8, 4) is 17.0 Å². The number of pyridine rings is 2. The van der Waals surface area contributed by atoms with Gasteiger partial charge in [0.25, 0.3) is 10.1 Å². The molecule has 0 N–H and O–H groups in total. The lowest BCUT2D eigenvalue weighted by Crippen LogP contribution is -2.33. The Morgan fingerprint density at radius 2 is 1.92 bits per heavy atom. The summed E-state index contributed by atoms with van der Waals surface area (Å²) in [6.07, 6.45) is 7.27. The minimum absolute atomic E-state index is 0.185. The summed E-state index contributed by atoms with van der Waals surface area (Å²) in [6.45, 7) is 3.60. The summed E-state index contributed by atoms with van der Waals surface area (Å²) < 4.78 is 39.9. The van der Waals surface area contributed by atoms with Crippen LogP contribution in [0.15, 0.2) is 48.8 Å². The second-order valence-corrected chi connectivity index (χ2v) is 11.9. The number of fused-ring (bicyclic) bond motifs is 2. The van der Waals surface area contributed by atoms with Gasteiger partial charge in [-0.2, -0.15) is 18.2 Å². The van der Waals surface area contributed by atoms with Gasteiger partial charge in [-0.05, 0) is 61.9 Å².